The van der Waals surface area contributed by atoms with Crippen LogP contribution in [0.3, 0.4) is 0 Å². The summed E-state index contributed by atoms with van der Waals surface area (Å²) in [5.74, 6) is 0.182. The summed E-state index contributed by atoms with van der Waals surface area (Å²) in [7, 11) is 0. The maximum Gasteiger partial charge on any atom is 0.176 e. The molecule has 118 valence electrons. The Morgan fingerprint density at radius 2 is 1.71 bits per heavy atom. The van der Waals surface area contributed by atoms with Crippen LogP contribution in [-0.2, 0) is 6.42 Å². The van der Waals surface area contributed by atoms with Crippen molar-refractivity contribution in [2.75, 3.05) is 32.7 Å². The molecule has 0 bridgehead atoms. The standard InChI is InChI=1S/C18H30N2O/c1-4-16-9-11-17(12-10-16)18(21)15-19-13-7-8-14-20(5-2)6-3/h9-12,19H,4-8,13-15H2,1-3H3. The molecule has 0 aromatic heterocycles. The van der Waals surface area contributed by atoms with Gasteiger partial charge in [0.15, 0.2) is 5.78 Å². The quantitative estimate of drug-likeness (QED) is 0.502. The smallest absolute Gasteiger partial charge is 0.176 e. The molecule has 0 aliphatic rings. The van der Waals surface area contributed by atoms with E-state index >= 15 is 0 Å². The molecular formula is C18H30N2O. The zero-order valence-electron chi connectivity index (χ0n) is 13.8. The first-order valence-corrected chi connectivity index (χ1v) is 8.26. The van der Waals surface area contributed by atoms with Crippen molar-refractivity contribution in [2.24, 2.45) is 0 Å². The van der Waals surface area contributed by atoms with Crippen LogP contribution in [-0.4, -0.2) is 43.4 Å². The lowest BCUT2D eigenvalue weighted by molar-refractivity contribution is 0.0991. The second kappa shape index (κ2) is 10.5. The van der Waals surface area contributed by atoms with E-state index in [2.05, 4.69) is 31.0 Å². The lowest BCUT2D eigenvalue weighted by atomic mass is 10.1. The number of rotatable bonds is 11. The molecule has 0 atom stereocenters. The molecule has 0 aliphatic heterocycles. The average Bonchev–Trinajstić information content (AvgIpc) is 2.54. The second-order valence-corrected chi connectivity index (χ2v) is 5.38. The van der Waals surface area contributed by atoms with Crippen molar-refractivity contribution in [1.29, 1.82) is 0 Å². The van der Waals surface area contributed by atoms with Gasteiger partial charge >= 0.3 is 0 Å². The average molecular weight is 290 g/mol. The Bertz CT molecular complexity index is 396. The molecule has 0 radical (unpaired) electrons. The Balaban J connectivity index is 2.15. The molecule has 0 unspecified atom stereocenters. The third-order valence-corrected chi connectivity index (χ3v) is 3.94. The SMILES string of the molecule is CCc1ccc(C(=O)CNCCCCN(CC)CC)cc1. The van der Waals surface area contributed by atoms with Crippen LogP contribution < -0.4 is 5.32 Å². The summed E-state index contributed by atoms with van der Waals surface area (Å²) in [6.07, 6.45) is 3.33. The van der Waals surface area contributed by atoms with Crippen molar-refractivity contribution < 1.29 is 4.79 Å². The van der Waals surface area contributed by atoms with Crippen molar-refractivity contribution in [1.82, 2.24) is 10.2 Å². The van der Waals surface area contributed by atoms with Crippen LogP contribution in [0.25, 0.3) is 0 Å². The van der Waals surface area contributed by atoms with Crippen LogP contribution in [0.15, 0.2) is 24.3 Å². The van der Waals surface area contributed by atoms with Gasteiger partial charge in [0.05, 0.1) is 6.54 Å². The van der Waals surface area contributed by atoms with Crippen molar-refractivity contribution in [3.63, 3.8) is 0 Å². The van der Waals surface area contributed by atoms with Gasteiger partial charge in [0.2, 0.25) is 0 Å². The van der Waals surface area contributed by atoms with E-state index in [0.29, 0.717) is 6.54 Å². The number of Topliss-reactive ketones (excluding diaryl/α,β-unsaturated/α-hetero) is 1. The predicted molar refractivity (Wildman–Crippen MR) is 90.0 cm³/mol. The van der Waals surface area contributed by atoms with Gasteiger partial charge in [-0.2, -0.15) is 0 Å². The van der Waals surface area contributed by atoms with Gasteiger partial charge in [0.1, 0.15) is 0 Å². The van der Waals surface area contributed by atoms with Crippen LogP contribution in [0, 0.1) is 0 Å². The fourth-order valence-corrected chi connectivity index (χ4v) is 2.36. The number of hydrogen-bond donors (Lipinski definition) is 1. The molecular weight excluding hydrogens is 260 g/mol. The molecule has 3 nitrogen and oxygen atoms in total. The monoisotopic (exact) mass is 290 g/mol. The highest BCUT2D eigenvalue weighted by Gasteiger charge is 2.05. The van der Waals surface area contributed by atoms with Gasteiger partial charge in [-0.1, -0.05) is 45.0 Å². The number of aryl methyl sites for hydroxylation is 1. The lowest BCUT2D eigenvalue weighted by Crippen LogP contribution is -2.26. The van der Waals surface area contributed by atoms with E-state index < -0.39 is 0 Å². The summed E-state index contributed by atoms with van der Waals surface area (Å²) in [6.45, 7) is 11.3. The molecule has 0 heterocycles. The Labute approximate surface area is 129 Å². The number of hydrogen-bond acceptors (Lipinski definition) is 3. The van der Waals surface area contributed by atoms with Crippen LogP contribution in [0.2, 0.25) is 0 Å². The summed E-state index contributed by atoms with van der Waals surface area (Å²) >= 11 is 0. The van der Waals surface area contributed by atoms with Crippen LogP contribution in [0.4, 0.5) is 0 Å². The highest BCUT2D eigenvalue weighted by Crippen LogP contribution is 2.05. The minimum absolute atomic E-state index is 0.182. The predicted octanol–water partition coefficient (Wildman–Crippen LogP) is 3.14. The highest BCUT2D eigenvalue weighted by molar-refractivity contribution is 5.97. The molecule has 0 spiro atoms. The Morgan fingerprint density at radius 1 is 1.05 bits per heavy atom. The van der Waals surface area contributed by atoms with Gasteiger partial charge < -0.3 is 10.2 Å². The van der Waals surface area contributed by atoms with Gasteiger partial charge in [-0.05, 0) is 51.0 Å². The minimum atomic E-state index is 0.182. The van der Waals surface area contributed by atoms with Crippen LogP contribution >= 0.6 is 0 Å². The third-order valence-electron chi connectivity index (χ3n) is 3.94. The van der Waals surface area contributed by atoms with Gasteiger partial charge in [-0.25, -0.2) is 0 Å². The summed E-state index contributed by atoms with van der Waals surface area (Å²) in [6, 6.07) is 7.95. The van der Waals surface area contributed by atoms with Crippen LogP contribution in [0.1, 0.15) is 49.5 Å². The third kappa shape index (κ3) is 6.87. The molecule has 0 aliphatic carbocycles. The molecule has 1 rings (SSSR count). The number of benzene rings is 1. The molecule has 0 saturated carbocycles. The van der Waals surface area contributed by atoms with Gasteiger partial charge in [-0.15, -0.1) is 0 Å². The number of carbonyl (C=O) groups is 1. The van der Waals surface area contributed by atoms with E-state index in [1.54, 1.807) is 0 Å². The topological polar surface area (TPSA) is 32.3 Å². The van der Waals surface area contributed by atoms with E-state index in [1.165, 1.54) is 12.0 Å². The maximum atomic E-state index is 12.0. The summed E-state index contributed by atoms with van der Waals surface area (Å²) < 4.78 is 0. The zero-order chi connectivity index (χ0) is 15.5. The van der Waals surface area contributed by atoms with E-state index in [0.717, 1.165) is 44.6 Å². The molecule has 1 aromatic carbocycles. The first-order chi connectivity index (χ1) is 10.2. The molecule has 0 fully saturated rings. The van der Waals surface area contributed by atoms with E-state index in [9.17, 15) is 4.79 Å². The van der Waals surface area contributed by atoms with Crippen LogP contribution in [0.5, 0.6) is 0 Å². The molecule has 0 amide bonds. The molecule has 1 aromatic rings. The Morgan fingerprint density at radius 3 is 2.29 bits per heavy atom. The summed E-state index contributed by atoms with van der Waals surface area (Å²) in [5.41, 5.74) is 2.08. The van der Waals surface area contributed by atoms with Gasteiger partial charge in [0.25, 0.3) is 0 Å². The van der Waals surface area contributed by atoms with Crippen molar-refractivity contribution >= 4 is 5.78 Å². The summed E-state index contributed by atoms with van der Waals surface area (Å²) in [4.78, 5) is 14.4. The first-order valence-electron chi connectivity index (χ1n) is 8.26. The molecule has 1 N–H and O–H groups in total. The number of carbonyl (C=O) groups excluding carboxylic acids is 1. The number of unbranched alkanes of at least 4 members (excludes halogenated alkanes) is 1. The lowest BCUT2D eigenvalue weighted by Gasteiger charge is -2.17. The molecule has 0 saturated heterocycles. The highest BCUT2D eigenvalue weighted by atomic mass is 16.1. The fraction of sp³-hybridized carbons (Fsp3) is 0.611. The fourth-order valence-electron chi connectivity index (χ4n) is 2.36. The van der Waals surface area contributed by atoms with E-state index in [-0.39, 0.29) is 5.78 Å². The van der Waals surface area contributed by atoms with E-state index in [4.69, 9.17) is 0 Å². The van der Waals surface area contributed by atoms with Gasteiger partial charge in [-0.3, -0.25) is 4.79 Å². The van der Waals surface area contributed by atoms with Crippen molar-refractivity contribution in [3.8, 4) is 0 Å². The minimum Gasteiger partial charge on any atom is -0.310 e. The maximum absolute atomic E-state index is 12.0. The van der Waals surface area contributed by atoms with Crippen molar-refractivity contribution in [2.45, 2.75) is 40.0 Å². The first kappa shape index (κ1) is 17.9. The Hall–Kier alpha value is -1.19. The number of nitrogens with zero attached hydrogens (tertiary/aromatic N) is 1. The zero-order valence-corrected chi connectivity index (χ0v) is 13.8. The van der Waals surface area contributed by atoms with Gasteiger partial charge in [0, 0.05) is 5.56 Å². The summed E-state index contributed by atoms with van der Waals surface area (Å²) in [5, 5.41) is 3.25. The van der Waals surface area contributed by atoms with Crippen molar-refractivity contribution in [3.05, 3.63) is 35.4 Å². The number of nitrogens with one attached hydrogen (secondary N) is 1. The second-order valence-electron chi connectivity index (χ2n) is 5.38. The number of ketones is 1. The molecule has 21 heavy (non-hydrogen) atoms. The van der Waals surface area contributed by atoms with E-state index in [1.807, 2.05) is 24.3 Å². The largest absolute Gasteiger partial charge is 0.310 e. The normalized spacial score (nSPS) is 11.0. The Kier molecular flexibility index (Phi) is 8.95. The molecule has 3 heteroatoms.